The Hall–Kier alpha value is -2.60. The van der Waals surface area contributed by atoms with Crippen LogP contribution in [0.2, 0.25) is 5.02 Å². The average molecular weight is 321 g/mol. The summed E-state index contributed by atoms with van der Waals surface area (Å²) in [6.07, 6.45) is 0. The highest BCUT2D eigenvalue weighted by molar-refractivity contribution is 6.34. The van der Waals surface area contributed by atoms with Gasteiger partial charge in [0, 0.05) is 23.9 Å². The molecule has 0 aliphatic heterocycles. The first kappa shape index (κ1) is 15.8. The molecule has 0 aliphatic carbocycles. The van der Waals surface area contributed by atoms with E-state index in [9.17, 15) is 14.9 Å². The SMILES string of the molecule is CCOc1cccc(NC(=O)c2ccc([N+](=O)[O-])cc2Cl)c1. The Morgan fingerprint density at radius 2 is 2.09 bits per heavy atom. The lowest BCUT2D eigenvalue weighted by Gasteiger charge is -2.09. The first-order valence-electron chi connectivity index (χ1n) is 6.49. The maximum Gasteiger partial charge on any atom is 0.270 e. The van der Waals surface area contributed by atoms with Crippen molar-refractivity contribution < 1.29 is 14.5 Å². The number of nitro benzene ring substituents is 1. The predicted octanol–water partition coefficient (Wildman–Crippen LogP) is 3.90. The number of non-ortho nitro benzene ring substituents is 1. The number of nitro groups is 1. The van der Waals surface area contributed by atoms with Crippen LogP contribution in [0.1, 0.15) is 17.3 Å². The molecule has 0 heterocycles. The molecule has 7 heteroatoms. The van der Waals surface area contributed by atoms with Gasteiger partial charge in [0.15, 0.2) is 0 Å². The van der Waals surface area contributed by atoms with Gasteiger partial charge in [0.2, 0.25) is 0 Å². The lowest BCUT2D eigenvalue weighted by atomic mass is 10.2. The van der Waals surface area contributed by atoms with Crippen molar-refractivity contribution >= 4 is 28.9 Å². The van der Waals surface area contributed by atoms with Crippen LogP contribution in [0.3, 0.4) is 0 Å². The molecule has 2 rings (SSSR count). The van der Waals surface area contributed by atoms with Crippen LogP contribution in [0.15, 0.2) is 42.5 Å². The van der Waals surface area contributed by atoms with E-state index in [0.29, 0.717) is 18.0 Å². The van der Waals surface area contributed by atoms with Crippen LogP contribution in [-0.2, 0) is 0 Å². The molecule has 0 saturated carbocycles. The van der Waals surface area contributed by atoms with Crippen LogP contribution >= 0.6 is 11.6 Å². The summed E-state index contributed by atoms with van der Waals surface area (Å²) in [5.41, 5.74) is 0.541. The van der Waals surface area contributed by atoms with Gasteiger partial charge in [-0.25, -0.2) is 0 Å². The summed E-state index contributed by atoms with van der Waals surface area (Å²) in [6, 6.07) is 10.6. The summed E-state index contributed by atoms with van der Waals surface area (Å²) in [5, 5.41) is 13.4. The van der Waals surface area contributed by atoms with E-state index < -0.39 is 10.8 Å². The largest absolute Gasteiger partial charge is 0.494 e. The Balaban J connectivity index is 2.18. The second kappa shape index (κ2) is 6.91. The van der Waals surface area contributed by atoms with Gasteiger partial charge in [-0.2, -0.15) is 0 Å². The molecule has 0 bridgehead atoms. The van der Waals surface area contributed by atoms with E-state index in [1.807, 2.05) is 6.92 Å². The van der Waals surface area contributed by atoms with Crippen molar-refractivity contribution in [3.05, 3.63) is 63.2 Å². The quantitative estimate of drug-likeness (QED) is 0.669. The molecule has 0 saturated heterocycles. The van der Waals surface area contributed by atoms with E-state index in [2.05, 4.69) is 5.32 Å². The van der Waals surface area contributed by atoms with Crippen molar-refractivity contribution in [2.45, 2.75) is 6.92 Å². The van der Waals surface area contributed by atoms with Crippen LogP contribution in [0.5, 0.6) is 5.75 Å². The minimum absolute atomic E-state index is 0.0210. The van der Waals surface area contributed by atoms with Crippen LogP contribution in [0.4, 0.5) is 11.4 Å². The molecule has 0 fully saturated rings. The summed E-state index contributed by atoms with van der Waals surface area (Å²) in [4.78, 5) is 22.3. The van der Waals surface area contributed by atoms with Crippen LogP contribution in [0, 0.1) is 10.1 Å². The van der Waals surface area contributed by atoms with Crippen molar-refractivity contribution in [3.63, 3.8) is 0 Å². The molecule has 22 heavy (non-hydrogen) atoms. The molecule has 0 aliphatic rings. The Bertz CT molecular complexity index is 718. The van der Waals surface area contributed by atoms with Gasteiger partial charge in [-0.1, -0.05) is 17.7 Å². The molecule has 0 atom stereocenters. The number of halogens is 1. The van der Waals surface area contributed by atoms with Gasteiger partial charge < -0.3 is 10.1 Å². The molecule has 6 nitrogen and oxygen atoms in total. The zero-order chi connectivity index (χ0) is 16.1. The number of carbonyl (C=O) groups is 1. The number of hydrogen-bond donors (Lipinski definition) is 1. The zero-order valence-electron chi connectivity index (χ0n) is 11.7. The standard InChI is InChI=1S/C15H13ClN2O4/c1-2-22-12-5-3-4-10(8-12)17-15(19)13-7-6-11(18(20)21)9-14(13)16/h3-9H,2H2,1H3,(H,17,19). The van der Waals surface area contributed by atoms with E-state index in [4.69, 9.17) is 16.3 Å². The number of carbonyl (C=O) groups excluding carboxylic acids is 1. The second-order valence-corrected chi connectivity index (χ2v) is 4.74. The highest BCUT2D eigenvalue weighted by atomic mass is 35.5. The number of hydrogen-bond acceptors (Lipinski definition) is 4. The lowest BCUT2D eigenvalue weighted by Crippen LogP contribution is -2.12. The van der Waals surface area contributed by atoms with Gasteiger partial charge in [0.25, 0.3) is 11.6 Å². The van der Waals surface area contributed by atoms with Gasteiger partial charge in [-0.15, -0.1) is 0 Å². The predicted molar refractivity (Wildman–Crippen MR) is 83.7 cm³/mol. The van der Waals surface area contributed by atoms with Crippen LogP contribution in [0.25, 0.3) is 0 Å². The zero-order valence-corrected chi connectivity index (χ0v) is 12.5. The molecule has 0 unspecified atom stereocenters. The molecule has 0 spiro atoms. The molecule has 0 aromatic heterocycles. The highest BCUT2D eigenvalue weighted by Gasteiger charge is 2.15. The Morgan fingerprint density at radius 1 is 1.32 bits per heavy atom. The maximum absolute atomic E-state index is 12.2. The molecule has 1 N–H and O–H groups in total. The van der Waals surface area contributed by atoms with Crippen molar-refractivity contribution in [3.8, 4) is 5.75 Å². The van der Waals surface area contributed by atoms with Gasteiger partial charge in [0.1, 0.15) is 5.75 Å². The van der Waals surface area contributed by atoms with Crippen molar-refractivity contribution in [2.24, 2.45) is 0 Å². The topological polar surface area (TPSA) is 81.5 Å². The Kier molecular flexibility index (Phi) is 4.95. The summed E-state index contributed by atoms with van der Waals surface area (Å²) in [7, 11) is 0. The first-order valence-corrected chi connectivity index (χ1v) is 6.87. The molecule has 1 amide bonds. The van der Waals surface area contributed by atoms with Crippen molar-refractivity contribution in [1.29, 1.82) is 0 Å². The Labute approximate surface area is 131 Å². The summed E-state index contributed by atoms with van der Waals surface area (Å²) in [6.45, 7) is 2.38. The summed E-state index contributed by atoms with van der Waals surface area (Å²) < 4.78 is 5.35. The fourth-order valence-corrected chi connectivity index (χ4v) is 2.09. The fraction of sp³-hybridized carbons (Fsp3) is 0.133. The van der Waals surface area contributed by atoms with Crippen LogP contribution < -0.4 is 10.1 Å². The first-order chi connectivity index (χ1) is 10.5. The van der Waals surface area contributed by atoms with Gasteiger partial charge >= 0.3 is 0 Å². The Morgan fingerprint density at radius 3 is 2.73 bits per heavy atom. The molecular weight excluding hydrogens is 308 g/mol. The highest BCUT2D eigenvalue weighted by Crippen LogP contribution is 2.24. The number of rotatable bonds is 5. The maximum atomic E-state index is 12.2. The fourth-order valence-electron chi connectivity index (χ4n) is 1.83. The van der Waals surface area contributed by atoms with E-state index in [0.717, 1.165) is 6.07 Å². The molecule has 0 radical (unpaired) electrons. The van der Waals surface area contributed by atoms with Gasteiger partial charge in [0.05, 0.1) is 22.1 Å². The number of ether oxygens (including phenoxy) is 1. The average Bonchev–Trinajstić information content (AvgIpc) is 2.47. The number of nitrogens with zero attached hydrogens (tertiary/aromatic N) is 1. The monoisotopic (exact) mass is 320 g/mol. The third-order valence-electron chi connectivity index (χ3n) is 2.81. The molecular formula is C15H13ClN2O4. The number of anilines is 1. The van der Waals surface area contributed by atoms with E-state index in [1.54, 1.807) is 24.3 Å². The smallest absolute Gasteiger partial charge is 0.270 e. The summed E-state index contributed by atoms with van der Waals surface area (Å²) >= 11 is 5.93. The van der Waals surface area contributed by atoms with Gasteiger partial charge in [-0.3, -0.25) is 14.9 Å². The minimum atomic E-state index is -0.570. The third-order valence-corrected chi connectivity index (χ3v) is 3.12. The van der Waals surface area contributed by atoms with E-state index in [1.165, 1.54) is 12.1 Å². The lowest BCUT2D eigenvalue weighted by molar-refractivity contribution is -0.384. The third kappa shape index (κ3) is 3.73. The molecule has 114 valence electrons. The minimum Gasteiger partial charge on any atom is -0.494 e. The van der Waals surface area contributed by atoms with E-state index >= 15 is 0 Å². The summed E-state index contributed by atoms with van der Waals surface area (Å²) in [5.74, 6) is 0.184. The second-order valence-electron chi connectivity index (χ2n) is 4.34. The van der Waals surface area contributed by atoms with E-state index in [-0.39, 0.29) is 16.3 Å². The molecule has 2 aromatic rings. The van der Waals surface area contributed by atoms with Gasteiger partial charge in [-0.05, 0) is 25.1 Å². The number of nitrogens with one attached hydrogen (secondary N) is 1. The number of benzene rings is 2. The molecule has 2 aromatic carbocycles. The van der Waals surface area contributed by atoms with Crippen LogP contribution in [-0.4, -0.2) is 17.4 Å². The van der Waals surface area contributed by atoms with Crippen molar-refractivity contribution in [2.75, 3.05) is 11.9 Å². The van der Waals surface area contributed by atoms with Crippen molar-refractivity contribution in [1.82, 2.24) is 0 Å². The number of amides is 1. The normalized spacial score (nSPS) is 10.1.